The molecule has 1 N–H and O–H groups in total. The van der Waals surface area contributed by atoms with E-state index in [-0.39, 0.29) is 6.10 Å². The zero-order valence-electron chi connectivity index (χ0n) is 9.22. The zero-order valence-corrected chi connectivity index (χ0v) is 10.0. The number of aromatic nitrogens is 1. The molecule has 1 aromatic rings. The number of aliphatic hydroxyl groups is 1. The van der Waals surface area contributed by atoms with Crippen molar-refractivity contribution in [3.05, 3.63) is 16.6 Å². The molecule has 84 valence electrons. The third-order valence-corrected chi connectivity index (χ3v) is 4.38. The molecule has 0 aliphatic heterocycles. The summed E-state index contributed by atoms with van der Waals surface area (Å²) in [5.41, 5.74) is 1.88. The first-order valence-electron chi connectivity index (χ1n) is 5.85. The standard InChI is InChI=1S/C12H19NOS/c1-2-9-3-4-12(14)10(5-9)6-11-7-13-8-15-11/h7-10,12,14H,2-6H2,1H3. The Kier molecular flexibility index (Phi) is 3.76. The smallest absolute Gasteiger partial charge is 0.0794 e. The Morgan fingerprint density at radius 1 is 1.53 bits per heavy atom. The summed E-state index contributed by atoms with van der Waals surface area (Å²) in [6, 6.07) is 0. The van der Waals surface area contributed by atoms with Gasteiger partial charge in [-0.05, 0) is 37.5 Å². The molecule has 3 atom stereocenters. The van der Waals surface area contributed by atoms with Gasteiger partial charge in [-0.1, -0.05) is 13.3 Å². The Bertz CT molecular complexity index is 286. The van der Waals surface area contributed by atoms with Gasteiger partial charge in [0.25, 0.3) is 0 Å². The minimum atomic E-state index is -0.0881. The van der Waals surface area contributed by atoms with E-state index in [2.05, 4.69) is 11.9 Å². The molecule has 1 saturated carbocycles. The average molecular weight is 225 g/mol. The fraction of sp³-hybridized carbons (Fsp3) is 0.750. The minimum Gasteiger partial charge on any atom is -0.393 e. The van der Waals surface area contributed by atoms with Crippen LogP contribution in [0, 0.1) is 11.8 Å². The molecule has 1 fully saturated rings. The van der Waals surface area contributed by atoms with Crippen molar-refractivity contribution < 1.29 is 5.11 Å². The molecule has 3 heteroatoms. The van der Waals surface area contributed by atoms with Crippen LogP contribution in [0.15, 0.2) is 11.7 Å². The van der Waals surface area contributed by atoms with Crippen molar-refractivity contribution in [2.75, 3.05) is 0 Å². The highest BCUT2D eigenvalue weighted by Crippen LogP contribution is 2.33. The van der Waals surface area contributed by atoms with Crippen LogP contribution in [0.25, 0.3) is 0 Å². The third kappa shape index (κ3) is 2.79. The summed E-state index contributed by atoms with van der Waals surface area (Å²) in [6.45, 7) is 2.26. The monoisotopic (exact) mass is 225 g/mol. The first-order valence-corrected chi connectivity index (χ1v) is 6.73. The summed E-state index contributed by atoms with van der Waals surface area (Å²) >= 11 is 1.71. The molecule has 1 aromatic heterocycles. The number of hydrogen-bond acceptors (Lipinski definition) is 3. The maximum atomic E-state index is 9.97. The number of nitrogens with zero attached hydrogens (tertiary/aromatic N) is 1. The molecule has 3 unspecified atom stereocenters. The molecule has 15 heavy (non-hydrogen) atoms. The lowest BCUT2D eigenvalue weighted by atomic mass is 9.77. The van der Waals surface area contributed by atoms with Gasteiger partial charge in [-0.2, -0.15) is 0 Å². The predicted octanol–water partition coefficient (Wildman–Crippen LogP) is 2.87. The molecule has 0 spiro atoms. The highest BCUT2D eigenvalue weighted by molar-refractivity contribution is 7.09. The van der Waals surface area contributed by atoms with Gasteiger partial charge >= 0.3 is 0 Å². The summed E-state index contributed by atoms with van der Waals surface area (Å²) in [7, 11) is 0. The normalized spacial score (nSPS) is 31.7. The van der Waals surface area contributed by atoms with Crippen molar-refractivity contribution in [2.45, 2.75) is 45.1 Å². The first-order chi connectivity index (χ1) is 7.29. The number of rotatable bonds is 3. The largest absolute Gasteiger partial charge is 0.393 e. The molecular weight excluding hydrogens is 206 g/mol. The van der Waals surface area contributed by atoms with Crippen LogP contribution < -0.4 is 0 Å². The molecule has 0 radical (unpaired) electrons. The van der Waals surface area contributed by atoms with Gasteiger partial charge in [0.1, 0.15) is 0 Å². The topological polar surface area (TPSA) is 33.1 Å². The Balaban J connectivity index is 1.94. The van der Waals surface area contributed by atoms with E-state index in [9.17, 15) is 5.11 Å². The highest BCUT2D eigenvalue weighted by atomic mass is 32.1. The lowest BCUT2D eigenvalue weighted by Gasteiger charge is -2.32. The molecule has 0 saturated heterocycles. The van der Waals surface area contributed by atoms with Crippen molar-refractivity contribution in [3.8, 4) is 0 Å². The average Bonchev–Trinajstić information content (AvgIpc) is 2.74. The molecule has 1 aliphatic rings. The second-order valence-corrected chi connectivity index (χ2v) is 5.56. The fourth-order valence-electron chi connectivity index (χ4n) is 2.54. The zero-order chi connectivity index (χ0) is 10.7. The quantitative estimate of drug-likeness (QED) is 0.858. The van der Waals surface area contributed by atoms with Crippen LogP contribution in [0.4, 0.5) is 0 Å². The van der Waals surface area contributed by atoms with Crippen LogP contribution in [0.5, 0.6) is 0 Å². The molecule has 2 rings (SSSR count). The number of aliphatic hydroxyl groups excluding tert-OH is 1. The van der Waals surface area contributed by atoms with Gasteiger partial charge in [-0.25, -0.2) is 0 Å². The van der Waals surface area contributed by atoms with Gasteiger partial charge in [0.2, 0.25) is 0 Å². The maximum Gasteiger partial charge on any atom is 0.0794 e. The van der Waals surface area contributed by atoms with Crippen LogP contribution in [0.3, 0.4) is 0 Å². The van der Waals surface area contributed by atoms with Crippen LogP contribution in [-0.2, 0) is 6.42 Å². The Morgan fingerprint density at radius 2 is 2.40 bits per heavy atom. The molecule has 2 nitrogen and oxygen atoms in total. The Hall–Kier alpha value is -0.410. The van der Waals surface area contributed by atoms with Crippen LogP contribution in [-0.4, -0.2) is 16.2 Å². The molecule has 0 bridgehead atoms. The number of hydrogen-bond donors (Lipinski definition) is 1. The lowest BCUT2D eigenvalue weighted by Crippen LogP contribution is -2.30. The van der Waals surface area contributed by atoms with E-state index in [0.717, 1.165) is 18.8 Å². The molecule has 0 amide bonds. The van der Waals surface area contributed by atoms with Gasteiger partial charge in [-0.3, -0.25) is 4.98 Å². The Labute approximate surface area is 95.4 Å². The van der Waals surface area contributed by atoms with E-state index in [1.54, 1.807) is 11.3 Å². The van der Waals surface area contributed by atoms with E-state index in [1.807, 2.05) is 11.7 Å². The van der Waals surface area contributed by atoms with Gasteiger partial charge in [0.05, 0.1) is 11.6 Å². The van der Waals surface area contributed by atoms with Gasteiger partial charge < -0.3 is 5.11 Å². The van der Waals surface area contributed by atoms with E-state index in [0.29, 0.717) is 5.92 Å². The summed E-state index contributed by atoms with van der Waals surface area (Å²) in [5.74, 6) is 1.29. The molecule has 1 heterocycles. The second-order valence-electron chi connectivity index (χ2n) is 4.59. The van der Waals surface area contributed by atoms with E-state index in [1.165, 1.54) is 24.1 Å². The van der Waals surface area contributed by atoms with Crippen LogP contribution >= 0.6 is 11.3 Å². The first kappa shape index (κ1) is 11.1. The molecule has 0 aromatic carbocycles. The predicted molar refractivity (Wildman–Crippen MR) is 62.9 cm³/mol. The second kappa shape index (κ2) is 5.08. The van der Waals surface area contributed by atoms with E-state index >= 15 is 0 Å². The number of thiazole rings is 1. The summed E-state index contributed by atoms with van der Waals surface area (Å²) in [6.07, 6.45) is 7.50. The lowest BCUT2D eigenvalue weighted by molar-refractivity contribution is 0.0478. The van der Waals surface area contributed by atoms with Crippen molar-refractivity contribution >= 4 is 11.3 Å². The van der Waals surface area contributed by atoms with Gasteiger partial charge in [0.15, 0.2) is 0 Å². The van der Waals surface area contributed by atoms with Gasteiger partial charge in [0, 0.05) is 11.1 Å². The van der Waals surface area contributed by atoms with E-state index < -0.39 is 0 Å². The summed E-state index contributed by atoms with van der Waals surface area (Å²) in [5, 5.41) is 9.97. The van der Waals surface area contributed by atoms with Crippen LogP contribution in [0.2, 0.25) is 0 Å². The van der Waals surface area contributed by atoms with Crippen molar-refractivity contribution in [1.29, 1.82) is 0 Å². The minimum absolute atomic E-state index is 0.0881. The molecular formula is C12H19NOS. The maximum absolute atomic E-state index is 9.97. The van der Waals surface area contributed by atoms with Crippen molar-refractivity contribution in [3.63, 3.8) is 0 Å². The van der Waals surface area contributed by atoms with Crippen molar-refractivity contribution in [2.24, 2.45) is 11.8 Å². The SMILES string of the molecule is CCC1CCC(O)C(Cc2cncs2)C1. The summed E-state index contributed by atoms with van der Waals surface area (Å²) in [4.78, 5) is 5.40. The Morgan fingerprint density at radius 3 is 3.07 bits per heavy atom. The van der Waals surface area contributed by atoms with E-state index in [4.69, 9.17) is 0 Å². The summed E-state index contributed by atoms with van der Waals surface area (Å²) < 4.78 is 0. The van der Waals surface area contributed by atoms with Crippen LogP contribution in [0.1, 0.15) is 37.5 Å². The van der Waals surface area contributed by atoms with Crippen molar-refractivity contribution in [1.82, 2.24) is 4.98 Å². The highest BCUT2D eigenvalue weighted by Gasteiger charge is 2.28. The fourth-order valence-corrected chi connectivity index (χ4v) is 3.23. The molecule has 1 aliphatic carbocycles. The van der Waals surface area contributed by atoms with Gasteiger partial charge in [-0.15, -0.1) is 11.3 Å². The third-order valence-electron chi connectivity index (χ3n) is 3.58.